The third-order valence-corrected chi connectivity index (χ3v) is 3.59. The van der Waals surface area contributed by atoms with Crippen LogP contribution in [0.5, 0.6) is 0 Å². The highest BCUT2D eigenvalue weighted by atomic mass is 19.1. The molecule has 1 fully saturated rings. The van der Waals surface area contributed by atoms with E-state index in [0.717, 1.165) is 12.8 Å². The maximum absolute atomic E-state index is 13.6. The van der Waals surface area contributed by atoms with Gasteiger partial charge in [0.05, 0.1) is 0 Å². The number of hydrogen-bond donors (Lipinski definition) is 2. The molecule has 0 saturated heterocycles. The number of hydrogen-bond acceptors (Lipinski definition) is 4. The van der Waals surface area contributed by atoms with Gasteiger partial charge in [-0.1, -0.05) is 18.9 Å². The van der Waals surface area contributed by atoms with Crippen molar-refractivity contribution in [1.82, 2.24) is 9.97 Å². The summed E-state index contributed by atoms with van der Waals surface area (Å²) in [5.41, 5.74) is -0.206. The van der Waals surface area contributed by atoms with E-state index < -0.39 is 11.6 Å². The normalized spacial score (nSPS) is 15.1. The van der Waals surface area contributed by atoms with E-state index in [4.69, 9.17) is 0 Å². The average molecular weight is 290 g/mol. The van der Waals surface area contributed by atoms with Crippen LogP contribution in [0.2, 0.25) is 0 Å². The van der Waals surface area contributed by atoms with Crippen molar-refractivity contribution >= 4 is 17.3 Å². The van der Waals surface area contributed by atoms with Crippen molar-refractivity contribution in [3.63, 3.8) is 0 Å². The molecule has 4 nitrogen and oxygen atoms in total. The molecular weight excluding hydrogens is 274 g/mol. The van der Waals surface area contributed by atoms with Gasteiger partial charge in [0.15, 0.2) is 0 Å². The summed E-state index contributed by atoms with van der Waals surface area (Å²) in [6, 6.07) is 5.79. The Hall–Kier alpha value is -2.24. The number of anilines is 3. The van der Waals surface area contributed by atoms with Gasteiger partial charge >= 0.3 is 0 Å². The van der Waals surface area contributed by atoms with E-state index in [1.54, 1.807) is 6.07 Å². The van der Waals surface area contributed by atoms with Crippen molar-refractivity contribution in [3.05, 3.63) is 42.2 Å². The van der Waals surface area contributed by atoms with Gasteiger partial charge in [0.1, 0.15) is 35.3 Å². The minimum Gasteiger partial charge on any atom is -0.367 e. The lowest BCUT2D eigenvalue weighted by Gasteiger charge is -2.13. The number of rotatable bonds is 4. The predicted octanol–water partition coefficient (Wildman–Crippen LogP) is 3.85. The van der Waals surface area contributed by atoms with Crippen molar-refractivity contribution in [2.45, 2.75) is 31.7 Å². The fourth-order valence-corrected chi connectivity index (χ4v) is 2.53. The molecule has 0 spiro atoms. The molecule has 0 atom stereocenters. The van der Waals surface area contributed by atoms with Crippen LogP contribution in [0.4, 0.5) is 26.1 Å². The Bertz CT molecular complexity index is 607. The van der Waals surface area contributed by atoms with Crippen molar-refractivity contribution in [1.29, 1.82) is 0 Å². The van der Waals surface area contributed by atoms with Crippen LogP contribution < -0.4 is 10.6 Å². The number of aromatic nitrogens is 2. The van der Waals surface area contributed by atoms with Crippen LogP contribution in [0.3, 0.4) is 0 Å². The van der Waals surface area contributed by atoms with Crippen LogP contribution in [-0.2, 0) is 0 Å². The van der Waals surface area contributed by atoms with Crippen LogP contribution >= 0.6 is 0 Å². The monoisotopic (exact) mass is 290 g/mol. The summed E-state index contributed by atoms with van der Waals surface area (Å²) in [5, 5.41) is 5.98. The highest BCUT2D eigenvalue weighted by molar-refractivity contribution is 5.60. The molecule has 1 aromatic carbocycles. The number of nitrogens with zero attached hydrogens (tertiary/aromatic N) is 2. The Labute approximate surface area is 121 Å². The number of para-hydroxylation sites is 1. The number of benzene rings is 1. The summed E-state index contributed by atoms with van der Waals surface area (Å²) in [4.78, 5) is 8.14. The molecule has 1 aliphatic carbocycles. The van der Waals surface area contributed by atoms with Gasteiger partial charge in [-0.2, -0.15) is 0 Å². The second-order valence-electron chi connectivity index (χ2n) is 5.14. The molecule has 1 aromatic heterocycles. The predicted molar refractivity (Wildman–Crippen MR) is 77.6 cm³/mol. The van der Waals surface area contributed by atoms with E-state index in [2.05, 4.69) is 20.6 Å². The Morgan fingerprint density at radius 1 is 1.00 bits per heavy atom. The lowest BCUT2D eigenvalue weighted by molar-refractivity contribution is 0.590. The molecule has 1 heterocycles. The standard InChI is InChI=1S/C15H16F2N4/c16-11-6-3-7-12(17)15(11)21-14-8-13(18-9-19-14)20-10-4-1-2-5-10/h3,6-10H,1-2,4-5H2,(H2,18,19,20,21). The molecule has 110 valence electrons. The van der Waals surface area contributed by atoms with Crippen molar-refractivity contribution in [2.75, 3.05) is 10.6 Å². The lowest BCUT2D eigenvalue weighted by Crippen LogP contribution is -2.15. The Balaban J connectivity index is 1.76. The first kappa shape index (κ1) is 13.7. The molecule has 3 rings (SSSR count). The molecule has 0 aliphatic heterocycles. The van der Waals surface area contributed by atoms with Gasteiger partial charge in [-0.15, -0.1) is 0 Å². The molecule has 2 aromatic rings. The van der Waals surface area contributed by atoms with E-state index in [-0.39, 0.29) is 5.69 Å². The Kier molecular flexibility index (Phi) is 3.94. The second kappa shape index (κ2) is 6.03. The summed E-state index contributed by atoms with van der Waals surface area (Å²) in [5.74, 6) is -0.288. The molecule has 21 heavy (non-hydrogen) atoms. The van der Waals surface area contributed by atoms with Gasteiger partial charge in [0.2, 0.25) is 0 Å². The molecule has 0 amide bonds. The Morgan fingerprint density at radius 2 is 1.67 bits per heavy atom. The molecule has 0 bridgehead atoms. The first-order valence-electron chi connectivity index (χ1n) is 7.02. The SMILES string of the molecule is Fc1cccc(F)c1Nc1cc(NC2CCCC2)ncn1. The van der Waals surface area contributed by atoms with Crippen LogP contribution in [0.25, 0.3) is 0 Å². The Morgan fingerprint density at radius 3 is 2.38 bits per heavy atom. The van der Waals surface area contributed by atoms with Gasteiger partial charge in [0.25, 0.3) is 0 Å². The summed E-state index contributed by atoms with van der Waals surface area (Å²) in [6.45, 7) is 0. The first-order chi connectivity index (χ1) is 10.2. The highest BCUT2D eigenvalue weighted by Crippen LogP contribution is 2.24. The topological polar surface area (TPSA) is 49.8 Å². The van der Waals surface area contributed by atoms with Gasteiger partial charge in [-0.05, 0) is 25.0 Å². The fourth-order valence-electron chi connectivity index (χ4n) is 2.53. The first-order valence-corrected chi connectivity index (χ1v) is 7.02. The quantitative estimate of drug-likeness (QED) is 0.898. The van der Waals surface area contributed by atoms with Gasteiger partial charge in [-0.3, -0.25) is 0 Å². The smallest absolute Gasteiger partial charge is 0.149 e. The molecule has 1 saturated carbocycles. The lowest BCUT2D eigenvalue weighted by atomic mass is 10.2. The molecule has 2 N–H and O–H groups in total. The third-order valence-electron chi connectivity index (χ3n) is 3.59. The zero-order valence-electron chi connectivity index (χ0n) is 11.4. The van der Waals surface area contributed by atoms with E-state index in [1.807, 2.05) is 0 Å². The minimum atomic E-state index is -0.654. The van der Waals surface area contributed by atoms with E-state index in [0.29, 0.717) is 17.7 Å². The minimum absolute atomic E-state index is 0.206. The van der Waals surface area contributed by atoms with E-state index in [9.17, 15) is 8.78 Å². The summed E-state index contributed by atoms with van der Waals surface area (Å²) in [7, 11) is 0. The van der Waals surface area contributed by atoms with Crippen LogP contribution in [-0.4, -0.2) is 16.0 Å². The average Bonchev–Trinajstić information content (AvgIpc) is 2.96. The zero-order valence-corrected chi connectivity index (χ0v) is 11.4. The zero-order chi connectivity index (χ0) is 14.7. The van der Waals surface area contributed by atoms with Crippen LogP contribution in [0, 0.1) is 11.6 Å². The number of halogens is 2. The summed E-state index contributed by atoms with van der Waals surface area (Å²) < 4.78 is 27.2. The summed E-state index contributed by atoms with van der Waals surface area (Å²) in [6.07, 6.45) is 6.05. The largest absolute Gasteiger partial charge is 0.367 e. The van der Waals surface area contributed by atoms with Gasteiger partial charge in [-0.25, -0.2) is 18.7 Å². The van der Waals surface area contributed by atoms with Crippen LogP contribution in [0.1, 0.15) is 25.7 Å². The van der Waals surface area contributed by atoms with Crippen molar-refractivity contribution < 1.29 is 8.78 Å². The van der Waals surface area contributed by atoms with Gasteiger partial charge in [0, 0.05) is 12.1 Å². The molecular formula is C15H16F2N4. The molecule has 0 radical (unpaired) electrons. The number of nitrogens with one attached hydrogen (secondary N) is 2. The maximum atomic E-state index is 13.6. The van der Waals surface area contributed by atoms with Crippen molar-refractivity contribution in [2.24, 2.45) is 0 Å². The third kappa shape index (κ3) is 3.26. The van der Waals surface area contributed by atoms with E-state index >= 15 is 0 Å². The van der Waals surface area contributed by atoms with Gasteiger partial charge < -0.3 is 10.6 Å². The van der Waals surface area contributed by atoms with Crippen molar-refractivity contribution in [3.8, 4) is 0 Å². The molecule has 1 aliphatic rings. The fraction of sp³-hybridized carbons (Fsp3) is 0.333. The highest BCUT2D eigenvalue weighted by Gasteiger charge is 2.15. The molecule has 0 unspecified atom stereocenters. The summed E-state index contributed by atoms with van der Waals surface area (Å²) >= 11 is 0. The second-order valence-corrected chi connectivity index (χ2v) is 5.14. The maximum Gasteiger partial charge on any atom is 0.149 e. The van der Waals surface area contributed by atoms with Crippen LogP contribution in [0.15, 0.2) is 30.6 Å². The van der Waals surface area contributed by atoms with E-state index in [1.165, 1.54) is 37.4 Å². The molecule has 6 heteroatoms.